The molecule has 0 aliphatic heterocycles. The SMILES string of the molecule is CC(C)Oc1ccc(-c2noc(-c3ccco3)n2)cc1Cl. The number of halogens is 1. The second-order valence-corrected chi connectivity index (χ2v) is 5.12. The van der Waals surface area contributed by atoms with E-state index in [-0.39, 0.29) is 6.10 Å². The number of hydrogen-bond acceptors (Lipinski definition) is 5. The Balaban J connectivity index is 1.89. The Labute approximate surface area is 126 Å². The van der Waals surface area contributed by atoms with Crippen LogP contribution >= 0.6 is 11.6 Å². The van der Waals surface area contributed by atoms with Gasteiger partial charge >= 0.3 is 0 Å². The first-order valence-corrected chi connectivity index (χ1v) is 6.85. The second-order valence-electron chi connectivity index (χ2n) is 4.71. The molecule has 0 spiro atoms. The first-order chi connectivity index (χ1) is 10.1. The largest absolute Gasteiger partial charge is 0.489 e. The summed E-state index contributed by atoms with van der Waals surface area (Å²) in [5.74, 6) is 1.93. The third kappa shape index (κ3) is 2.92. The number of furan rings is 1. The molecule has 2 aromatic heterocycles. The zero-order valence-electron chi connectivity index (χ0n) is 11.5. The van der Waals surface area contributed by atoms with Crippen LogP contribution in [0.4, 0.5) is 0 Å². The van der Waals surface area contributed by atoms with E-state index in [0.29, 0.717) is 28.2 Å². The standard InChI is InChI=1S/C15H13ClN2O3/c1-9(2)20-12-6-5-10(8-11(12)16)14-17-15(21-18-14)13-4-3-7-19-13/h3-9H,1-2H3. The van der Waals surface area contributed by atoms with Crippen LogP contribution in [0.1, 0.15) is 13.8 Å². The summed E-state index contributed by atoms with van der Waals surface area (Å²) in [5, 5.41) is 4.43. The molecule has 2 heterocycles. The summed E-state index contributed by atoms with van der Waals surface area (Å²) in [6.07, 6.45) is 1.61. The van der Waals surface area contributed by atoms with Gasteiger partial charge < -0.3 is 13.7 Å². The molecular weight excluding hydrogens is 292 g/mol. The van der Waals surface area contributed by atoms with Crippen LogP contribution in [-0.2, 0) is 0 Å². The lowest BCUT2D eigenvalue weighted by molar-refractivity contribution is 0.242. The van der Waals surface area contributed by atoms with Gasteiger partial charge in [-0.05, 0) is 44.2 Å². The first kappa shape index (κ1) is 13.7. The number of aromatic nitrogens is 2. The van der Waals surface area contributed by atoms with Crippen LogP contribution in [-0.4, -0.2) is 16.2 Å². The predicted octanol–water partition coefficient (Wildman–Crippen LogP) is 4.44. The third-order valence-corrected chi connectivity index (χ3v) is 3.01. The molecule has 1 aromatic carbocycles. The fourth-order valence-corrected chi connectivity index (χ4v) is 2.06. The molecule has 3 rings (SSSR count). The number of hydrogen-bond donors (Lipinski definition) is 0. The lowest BCUT2D eigenvalue weighted by Crippen LogP contribution is -2.05. The van der Waals surface area contributed by atoms with Crippen molar-refractivity contribution < 1.29 is 13.7 Å². The Hall–Kier alpha value is -2.27. The molecule has 3 aromatic rings. The molecule has 0 N–H and O–H groups in total. The van der Waals surface area contributed by atoms with Crippen molar-refractivity contribution in [2.75, 3.05) is 0 Å². The van der Waals surface area contributed by atoms with Crippen molar-refractivity contribution in [3.05, 3.63) is 41.6 Å². The van der Waals surface area contributed by atoms with Crippen LogP contribution in [0, 0.1) is 0 Å². The van der Waals surface area contributed by atoms with Gasteiger partial charge in [-0.25, -0.2) is 0 Å². The highest BCUT2D eigenvalue weighted by atomic mass is 35.5. The highest BCUT2D eigenvalue weighted by molar-refractivity contribution is 6.32. The van der Waals surface area contributed by atoms with Crippen molar-refractivity contribution >= 4 is 11.6 Å². The zero-order valence-corrected chi connectivity index (χ0v) is 12.3. The minimum Gasteiger partial charge on any atom is -0.489 e. The molecule has 0 saturated heterocycles. The van der Waals surface area contributed by atoms with E-state index in [4.69, 9.17) is 25.3 Å². The lowest BCUT2D eigenvalue weighted by Gasteiger charge is -2.11. The Morgan fingerprint density at radius 3 is 2.76 bits per heavy atom. The summed E-state index contributed by atoms with van der Waals surface area (Å²) >= 11 is 6.20. The van der Waals surface area contributed by atoms with Gasteiger partial charge in [0.1, 0.15) is 5.75 Å². The Bertz CT molecular complexity index is 735. The van der Waals surface area contributed by atoms with Crippen LogP contribution in [0.25, 0.3) is 23.0 Å². The summed E-state index contributed by atoms with van der Waals surface area (Å²) in [6, 6.07) is 8.88. The van der Waals surface area contributed by atoms with E-state index in [1.54, 1.807) is 30.5 Å². The monoisotopic (exact) mass is 304 g/mol. The van der Waals surface area contributed by atoms with E-state index in [0.717, 1.165) is 5.56 Å². The molecule has 0 saturated carbocycles. The van der Waals surface area contributed by atoms with Gasteiger partial charge in [0.15, 0.2) is 5.76 Å². The van der Waals surface area contributed by atoms with Gasteiger partial charge in [-0.15, -0.1) is 0 Å². The maximum Gasteiger partial charge on any atom is 0.293 e. The minimum absolute atomic E-state index is 0.0593. The average molecular weight is 305 g/mol. The minimum atomic E-state index is 0.0593. The van der Waals surface area contributed by atoms with E-state index in [1.165, 1.54) is 0 Å². The Kier molecular flexibility index (Phi) is 3.66. The van der Waals surface area contributed by atoms with E-state index >= 15 is 0 Å². The number of benzene rings is 1. The fraction of sp³-hybridized carbons (Fsp3) is 0.200. The van der Waals surface area contributed by atoms with E-state index in [9.17, 15) is 0 Å². The summed E-state index contributed by atoms with van der Waals surface area (Å²) < 4.78 is 16.0. The highest BCUT2D eigenvalue weighted by Crippen LogP contribution is 2.30. The fourth-order valence-electron chi connectivity index (χ4n) is 1.83. The van der Waals surface area contributed by atoms with Gasteiger partial charge in [0, 0.05) is 5.56 Å². The van der Waals surface area contributed by atoms with Gasteiger partial charge in [0.05, 0.1) is 17.4 Å². The number of rotatable bonds is 4. The third-order valence-electron chi connectivity index (χ3n) is 2.71. The van der Waals surface area contributed by atoms with Crippen molar-refractivity contribution in [2.24, 2.45) is 0 Å². The Morgan fingerprint density at radius 1 is 1.24 bits per heavy atom. The molecule has 5 nitrogen and oxygen atoms in total. The van der Waals surface area contributed by atoms with Gasteiger partial charge in [-0.3, -0.25) is 0 Å². The Morgan fingerprint density at radius 2 is 2.10 bits per heavy atom. The van der Waals surface area contributed by atoms with Gasteiger partial charge in [-0.2, -0.15) is 4.98 Å². The molecular formula is C15H13ClN2O3. The van der Waals surface area contributed by atoms with Crippen LogP contribution < -0.4 is 4.74 Å². The summed E-state index contributed by atoms with van der Waals surface area (Å²) in [7, 11) is 0. The highest BCUT2D eigenvalue weighted by Gasteiger charge is 2.14. The lowest BCUT2D eigenvalue weighted by atomic mass is 10.2. The second kappa shape index (κ2) is 5.61. The van der Waals surface area contributed by atoms with E-state index in [1.807, 2.05) is 19.9 Å². The average Bonchev–Trinajstić information content (AvgIpc) is 3.10. The molecule has 108 valence electrons. The maximum atomic E-state index is 6.20. The molecule has 0 aliphatic carbocycles. The molecule has 0 aliphatic rings. The van der Waals surface area contributed by atoms with Crippen molar-refractivity contribution in [3.63, 3.8) is 0 Å². The summed E-state index contributed by atoms with van der Waals surface area (Å²) in [5.41, 5.74) is 0.748. The van der Waals surface area contributed by atoms with Crippen LogP contribution in [0.3, 0.4) is 0 Å². The molecule has 0 radical (unpaired) electrons. The van der Waals surface area contributed by atoms with Gasteiger partial charge in [0.2, 0.25) is 5.82 Å². The van der Waals surface area contributed by atoms with Gasteiger partial charge in [0.25, 0.3) is 5.89 Å². The van der Waals surface area contributed by atoms with Crippen LogP contribution in [0.5, 0.6) is 5.75 Å². The molecule has 0 unspecified atom stereocenters. The quantitative estimate of drug-likeness (QED) is 0.713. The molecule has 0 amide bonds. The predicted molar refractivity (Wildman–Crippen MR) is 78.2 cm³/mol. The smallest absolute Gasteiger partial charge is 0.293 e. The first-order valence-electron chi connectivity index (χ1n) is 6.47. The number of ether oxygens (including phenoxy) is 1. The molecule has 0 fully saturated rings. The normalized spacial score (nSPS) is 11.0. The van der Waals surface area contributed by atoms with Crippen molar-refractivity contribution in [2.45, 2.75) is 20.0 Å². The van der Waals surface area contributed by atoms with Gasteiger partial charge in [-0.1, -0.05) is 16.8 Å². The molecule has 0 atom stereocenters. The topological polar surface area (TPSA) is 61.3 Å². The summed E-state index contributed by atoms with van der Waals surface area (Å²) in [6.45, 7) is 3.89. The van der Waals surface area contributed by atoms with E-state index < -0.39 is 0 Å². The summed E-state index contributed by atoms with van der Waals surface area (Å²) in [4.78, 5) is 4.28. The van der Waals surface area contributed by atoms with E-state index in [2.05, 4.69) is 10.1 Å². The zero-order chi connectivity index (χ0) is 14.8. The molecule has 0 bridgehead atoms. The van der Waals surface area contributed by atoms with Crippen molar-refractivity contribution in [3.8, 4) is 28.8 Å². The van der Waals surface area contributed by atoms with Crippen LogP contribution in [0.15, 0.2) is 45.5 Å². The maximum absolute atomic E-state index is 6.20. The molecule has 6 heteroatoms. The van der Waals surface area contributed by atoms with Crippen LogP contribution in [0.2, 0.25) is 5.02 Å². The number of nitrogens with zero attached hydrogens (tertiary/aromatic N) is 2. The van der Waals surface area contributed by atoms with Crippen molar-refractivity contribution in [1.82, 2.24) is 10.1 Å². The van der Waals surface area contributed by atoms with Crippen molar-refractivity contribution in [1.29, 1.82) is 0 Å². The molecule has 21 heavy (non-hydrogen) atoms.